The van der Waals surface area contributed by atoms with Gasteiger partial charge in [0.25, 0.3) is 0 Å². The van der Waals surface area contributed by atoms with Gasteiger partial charge in [0, 0.05) is 16.1 Å². The molecule has 26 heavy (non-hydrogen) atoms. The van der Waals surface area contributed by atoms with Gasteiger partial charge in [-0.2, -0.15) is 0 Å². The van der Waals surface area contributed by atoms with E-state index in [1.165, 1.54) is 0 Å². The molecule has 0 aromatic heterocycles. The van der Waals surface area contributed by atoms with E-state index >= 15 is 0 Å². The van der Waals surface area contributed by atoms with E-state index < -0.39 is 0 Å². The highest BCUT2D eigenvalue weighted by Crippen LogP contribution is 2.22. The van der Waals surface area contributed by atoms with Crippen molar-refractivity contribution in [3.63, 3.8) is 0 Å². The van der Waals surface area contributed by atoms with Crippen LogP contribution in [0.15, 0.2) is 78.9 Å². The quantitative estimate of drug-likeness (QED) is 0.390. The lowest BCUT2D eigenvalue weighted by atomic mass is 10.1. The third-order valence-corrected chi connectivity index (χ3v) is 4.19. The first-order valence-corrected chi connectivity index (χ1v) is 8.75. The zero-order valence-electron chi connectivity index (χ0n) is 14.5. The molecule has 0 atom stereocenters. The Morgan fingerprint density at radius 2 is 1.77 bits per heavy atom. The van der Waals surface area contributed by atoms with Crippen molar-refractivity contribution in [2.75, 3.05) is 0 Å². The van der Waals surface area contributed by atoms with Gasteiger partial charge in [0.2, 0.25) is 0 Å². The summed E-state index contributed by atoms with van der Waals surface area (Å²) in [5.41, 5.74) is 3.65. The van der Waals surface area contributed by atoms with Crippen molar-refractivity contribution in [3.8, 4) is 5.75 Å². The van der Waals surface area contributed by atoms with E-state index in [2.05, 4.69) is 0 Å². The Balaban J connectivity index is 1.72. The summed E-state index contributed by atoms with van der Waals surface area (Å²) < 4.78 is 5.91. The molecule has 0 radical (unpaired) electrons. The number of aryl methyl sites for hydroxylation is 1. The number of hydrogen-bond donors (Lipinski definition) is 0. The molecule has 0 saturated carbocycles. The summed E-state index contributed by atoms with van der Waals surface area (Å²) in [5.74, 6) is 0.690. The van der Waals surface area contributed by atoms with E-state index in [0.29, 0.717) is 17.2 Å². The van der Waals surface area contributed by atoms with Crippen LogP contribution < -0.4 is 4.74 Å². The molecule has 0 fully saturated rings. The van der Waals surface area contributed by atoms with Gasteiger partial charge in [-0.05, 0) is 42.8 Å². The van der Waals surface area contributed by atoms with E-state index in [9.17, 15) is 4.79 Å². The van der Waals surface area contributed by atoms with Crippen molar-refractivity contribution >= 4 is 23.5 Å². The third kappa shape index (κ3) is 4.84. The number of allylic oxidation sites excluding steroid dienone is 1. The first-order chi connectivity index (χ1) is 12.6. The number of carbonyl (C=O) groups is 1. The molecule has 130 valence electrons. The number of rotatable bonds is 6. The number of carbonyl (C=O) groups excluding carboxylic acids is 1. The van der Waals surface area contributed by atoms with Gasteiger partial charge >= 0.3 is 0 Å². The molecule has 0 aliphatic heterocycles. The van der Waals surface area contributed by atoms with Crippen molar-refractivity contribution in [2.45, 2.75) is 13.5 Å². The summed E-state index contributed by atoms with van der Waals surface area (Å²) in [6.07, 6.45) is 3.36. The first kappa shape index (κ1) is 18.0. The van der Waals surface area contributed by atoms with E-state index in [1.807, 2.05) is 79.7 Å². The number of benzene rings is 3. The molecule has 0 saturated heterocycles. The molecule has 3 aromatic carbocycles. The van der Waals surface area contributed by atoms with Gasteiger partial charge < -0.3 is 4.74 Å². The Hall–Kier alpha value is -2.84. The van der Waals surface area contributed by atoms with Crippen molar-refractivity contribution in [3.05, 3.63) is 106 Å². The van der Waals surface area contributed by atoms with Gasteiger partial charge in [0.15, 0.2) is 5.78 Å². The minimum absolute atomic E-state index is 0.0327. The highest BCUT2D eigenvalue weighted by Gasteiger charge is 2.04. The van der Waals surface area contributed by atoms with Crippen LogP contribution in [0.3, 0.4) is 0 Å². The Morgan fingerprint density at radius 3 is 2.54 bits per heavy atom. The van der Waals surface area contributed by atoms with Gasteiger partial charge in [-0.25, -0.2) is 0 Å². The highest BCUT2D eigenvalue weighted by molar-refractivity contribution is 6.30. The Kier molecular flexibility index (Phi) is 5.88. The van der Waals surface area contributed by atoms with Crippen molar-refractivity contribution < 1.29 is 9.53 Å². The van der Waals surface area contributed by atoms with Crippen LogP contribution in [-0.4, -0.2) is 5.78 Å². The fraction of sp³-hybridized carbons (Fsp3) is 0.0870. The molecule has 2 nitrogen and oxygen atoms in total. The van der Waals surface area contributed by atoms with Crippen LogP contribution >= 0.6 is 11.6 Å². The lowest BCUT2D eigenvalue weighted by Crippen LogP contribution is -1.97. The highest BCUT2D eigenvalue weighted by atomic mass is 35.5. The molecule has 0 aliphatic carbocycles. The minimum atomic E-state index is -0.0327. The second-order valence-corrected chi connectivity index (χ2v) is 6.46. The largest absolute Gasteiger partial charge is 0.488 e. The molecule has 3 aromatic rings. The maximum absolute atomic E-state index is 12.3. The summed E-state index contributed by atoms with van der Waals surface area (Å²) >= 11 is 6.01. The summed E-state index contributed by atoms with van der Waals surface area (Å²) in [7, 11) is 0. The van der Waals surface area contributed by atoms with Crippen LogP contribution in [-0.2, 0) is 6.61 Å². The predicted octanol–water partition coefficient (Wildman–Crippen LogP) is 6.12. The number of halogens is 1. The zero-order chi connectivity index (χ0) is 18.4. The third-order valence-electron chi connectivity index (χ3n) is 3.95. The summed E-state index contributed by atoms with van der Waals surface area (Å²) in [5, 5.41) is 0.683. The zero-order valence-corrected chi connectivity index (χ0v) is 15.2. The number of ketones is 1. The standard InChI is InChI=1S/C23H19ClO2/c1-17-9-11-19(12-10-17)22(25)14-13-20-6-2-3-8-23(20)26-16-18-5-4-7-21(24)15-18/h2-15H,16H2,1H3/b14-13+. The van der Waals surface area contributed by atoms with Crippen LogP contribution in [0.4, 0.5) is 0 Å². The van der Waals surface area contributed by atoms with Crippen LogP contribution in [0.5, 0.6) is 5.75 Å². The fourth-order valence-electron chi connectivity index (χ4n) is 2.52. The van der Waals surface area contributed by atoms with Gasteiger partial charge in [-0.15, -0.1) is 0 Å². The van der Waals surface area contributed by atoms with E-state index in [-0.39, 0.29) is 5.78 Å². The molecule has 3 rings (SSSR count). The van der Waals surface area contributed by atoms with Gasteiger partial charge in [0.05, 0.1) is 0 Å². The van der Waals surface area contributed by atoms with E-state index in [1.54, 1.807) is 12.2 Å². The topological polar surface area (TPSA) is 26.3 Å². The maximum atomic E-state index is 12.3. The number of ether oxygens (including phenoxy) is 1. The monoisotopic (exact) mass is 362 g/mol. The second-order valence-electron chi connectivity index (χ2n) is 6.02. The molecule has 0 unspecified atom stereocenters. The minimum Gasteiger partial charge on any atom is -0.488 e. The molecule has 0 spiro atoms. The van der Waals surface area contributed by atoms with Crippen molar-refractivity contribution in [1.82, 2.24) is 0 Å². The van der Waals surface area contributed by atoms with Gasteiger partial charge in [-0.1, -0.05) is 71.8 Å². The Morgan fingerprint density at radius 1 is 1.00 bits per heavy atom. The normalized spacial score (nSPS) is 10.8. The lowest BCUT2D eigenvalue weighted by Gasteiger charge is -2.09. The van der Waals surface area contributed by atoms with Crippen LogP contribution in [0.1, 0.15) is 27.0 Å². The maximum Gasteiger partial charge on any atom is 0.185 e. The smallest absolute Gasteiger partial charge is 0.185 e. The molecule has 0 bridgehead atoms. The SMILES string of the molecule is Cc1ccc(C(=O)/C=C/c2ccccc2OCc2cccc(Cl)c2)cc1. The fourth-order valence-corrected chi connectivity index (χ4v) is 2.73. The molecule has 0 amide bonds. The van der Waals surface area contributed by atoms with E-state index in [4.69, 9.17) is 16.3 Å². The molecule has 0 N–H and O–H groups in total. The molecule has 0 heterocycles. The predicted molar refractivity (Wildman–Crippen MR) is 107 cm³/mol. The second kappa shape index (κ2) is 8.50. The summed E-state index contributed by atoms with van der Waals surface area (Å²) in [6.45, 7) is 2.41. The first-order valence-electron chi connectivity index (χ1n) is 8.37. The molecule has 0 aliphatic rings. The molecule has 3 heteroatoms. The Bertz CT molecular complexity index is 927. The average Bonchev–Trinajstić information content (AvgIpc) is 2.66. The Labute approximate surface area is 158 Å². The van der Waals surface area contributed by atoms with Gasteiger partial charge in [-0.3, -0.25) is 4.79 Å². The van der Waals surface area contributed by atoms with Crippen LogP contribution in [0, 0.1) is 6.92 Å². The number of para-hydroxylation sites is 1. The van der Waals surface area contributed by atoms with Gasteiger partial charge in [0.1, 0.15) is 12.4 Å². The summed E-state index contributed by atoms with van der Waals surface area (Å²) in [4.78, 5) is 12.3. The molecular weight excluding hydrogens is 344 g/mol. The van der Waals surface area contributed by atoms with Crippen molar-refractivity contribution in [1.29, 1.82) is 0 Å². The number of hydrogen-bond acceptors (Lipinski definition) is 2. The van der Waals surface area contributed by atoms with Crippen LogP contribution in [0.2, 0.25) is 5.02 Å². The van der Waals surface area contributed by atoms with Crippen molar-refractivity contribution in [2.24, 2.45) is 0 Å². The average molecular weight is 363 g/mol. The van der Waals surface area contributed by atoms with E-state index in [0.717, 1.165) is 22.4 Å². The van der Waals surface area contributed by atoms with Crippen LogP contribution in [0.25, 0.3) is 6.08 Å². The molecular formula is C23H19ClO2. The lowest BCUT2D eigenvalue weighted by molar-refractivity contribution is 0.104. The summed E-state index contributed by atoms with van der Waals surface area (Å²) in [6, 6.07) is 22.7.